The molecule has 0 spiro atoms. The molecule has 1 aromatic heterocycles. The standard InChI is InChI=1S/C9H7F3N2O/c10-9(11,12)8(14,6-13)4-3-7-2-1-5-15-7/h1-5H,14H2/b4-3+. The van der Waals surface area contributed by atoms with Crippen molar-refractivity contribution in [3.8, 4) is 6.07 Å². The minimum absolute atomic E-state index is 0.198. The van der Waals surface area contributed by atoms with Gasteiger partial charge in [0.15, 0.2) is 0 Å². The zero-order valence-electron chi connectivity index (χ0n) is 7.45. The number of furan rings is 1. The van der Waals surface area contributed by atoms with Crippen molar-refractivity contribution in [3.05, 3.63) is 30.2 Å². The fraction of sp³-hybridized carbons (Fsp3) is 0.222. The highest BCUT2D eigenvalue weighted by atomic mass is 19.4. The van der Waals surface area contributed by atoms with Gasteiger partial charge in [-0.05, 0) is 24.3 Å². The smallest absolute Gasteiger partial charge is 0.423 e. The summed E-state index contributed by atoms with van der Waals surface area (Å²) < 4.78 is 41.7. The first-order chi connectivity index (χ1) is 6.89. The summed E-state index contributed by atoms with van der Waals surface area (Å²) in [4.78, 5) is 0. The average molecular weight is 216 g/mol. The van der Waals surface area contributed by atoms with Crippen molar-refractivity contribution in [2.45, 2.75) is 11.7 Å². The summed E-state index contributed by atoms with van der Waals surface area (Å²) in [7, 11) is 0. The van der Waals surface area contributed by atoms with Gasteiger partial charge >= 0.3 is 6.18 Å². The Balaban J connectivity index is 2.93. The largest absolute Gasteiger partial charge is 0.465 e. The highest BCUT2D eigenvalue weighted by molar-refractivity contribution is 5.47. The van der Waals surface area contributed by atoms with Crippen molar-refractivity contribution in [2.24, 2.45) is 5.73 Å². The number of rotatable bonds is 2. The second-order valence-corrected chi connectivity index (χ2v) is 2.83. The van der Waals surface area contributed by atoms with E-state index in [-0.39, 0.29) is 5.76 Å². The SMILES string of the molecule is N#CC(N)(/C=C/c1ccco1)C(F)(F)F. The van der Waals surface area contributed by atoms with Crippen molar-refractivity contribution in [1.29, 1.82) is 5.26 Å². The van der Waals surface area contributed by atoms with Gasteiger partial charge in [-0.25, -0.2) is 0 Å². The lowest BCUT2D eigenvalue weighted by molar-refractivity contribution is -0.156. The van der Waals surface area contributed by atoms with Gasteiger partial charge in [0.1, 0.15) is 5.76 Å². The van der Waals surface area contributed by atoms with Gasteiger partial charge in [-0.3, -0.25) is 0 Å². The van der Waals surface area contributed by atoms with Crippen molar-refractivity contribution < 1.29 is 17.6 Å². The van der Waals surface area contributed by atoms with Crippen LogP contribution in [0.1, 0.15) is 5.76 Å². The van der Waals surface area contributed by atoms with Crippen LogP contribution in [0.4, 0.5) is 13.2 Å². The molecule has 2 N–H and O–H groups in total. The molecule has 1 unspecified atom stereocenters. The molecule has 1 heterocycles. The zero-order valence-corrected chi connectivity index (χ0v) is 7.45. The van der Waals surface area contributed by atoms with E-state index in [0.717, 1.165) is 12.1 Å². The Kier molecular flexibility index (Phi) is 2.86. The third kappa shape index (κ3) is 2.39. The first kappa shape index (κ1) is 11.3. The second-order valence-electron chi connectivity index (χ2n) is 2.83. The van der Waals surface area contributed by atoms with Crippen LogP contribution in [0.5, 0.6) is 0 Å². The molecule has 0 saturated carbocycles. The van der Waals surface area contributed by atoms with Crippen LogP contribution < -0.4 is 5.73 Å². The van der Waals surface area contributed by atoms with Crippen LogP contribution in [-0.4, -0.2) is 11.7 Å². The summed E-state index contributed by atoms with van der Waals surface area (Å²) >= 11 is 0. The fourth-order valence-corrected chi connectivity index (χ4v) is 0.795. The van der Waals surface area contributed by atoms with Crippen LogP contribution in [0.25, 0.3) is 6.08 Å². The van der Waals surface area contributed by atoms with E-state index in [2.05, 4.69) is 0 Å². The van der Waals surface area contributed by atoms with Crippen LogP contribution in [0, 0.1) is 11.3 Å². The Morgan fingerprint density at radius 1 is 1.47 bits per heavy atom. The van der Waals surface area contributed by atoms with Gasteiger partial charge in [0.25, 0.3) is 0 Å². The molecular formula is C9H7F3N2O. The Morgan fingerprint density at radius 3 is 2.53 bits per heavy atom. The molecule has 15 heavy (non-hydrogen) atoms. The molecular weight excluding hydrogens is 209 g/mol. The lowest BCUT2D eigenvalue weighted by Crippen LogP contribution is -2.50. The third-order valence-electron chi connectivity index (χ3n) is 1.71. The quantitative estimate of drug-likeness (QED) is 0.823. The van der Waals surface area contributed by atoms with Gasteiger partial charge in [-0.15, -0.1) is 0 Å². The van der Waals surface area contributed by atoms with E-state index < -0.39 is 11.7 Å². The van der Waals surface area contributed by atoms with Gasteiger partial charge in [0.2, 0.25) is 5.54 Å². The van der Waals surface area contributed by atoms with Gasteiger partial charge in [0, 0.05) is 0 Å². The monoisotopic (exact) mass is 216 g/mol. The molecule has 0 fully saturated rings. The second kappa shape index (κ2) is 3.79. The number of hydrogen-bond acceptors (Lipinski definition) is 3. The maximum atomic E-state index is 12.3. The number of nitrogens with zero attached hydrogens (tertiary/aromatic N) is 1. The summed E-state index contributed by atoms with van der Waals surface area (Å²) in [6.45, 7) is 0. The lowest BCUT2D eigenvalue weighted by Gasteiger charge is -2.20. The molecule has 1 aromatic rings. The highest BCUT2D eigenvalue weighted by Crippen LogP contribution is 2.29. The molecule has 1 rings (SSSR count). The van der Waals surface area contributed by atoms with Crippen molar-refractivity contribution >= 4 is 6.08 Å². The molecule has 0 saturated heterocycles. The summed E-state index contributed by atoms with van der Waals surface area (Å²) in [5.74, 6) is 0.198. The molecule has 0 amide bonds. The number of nitrogens with two attached hydrogens (primary N) is 1. The molecule has 6 heteroatoms. The average Bonchev–Trinajstić information content (AvgIpc) is 2.64. The van der Waals surface area contributed by atoms with E-state index in [1.807, 2.05) is 0 Å². The van der Waals surface area contributed by atoms with Gasteiger partial charge in [0.05, 0.1) is 12.3 Å². The molecule has 0 aliphatic carbocycles. The Hall–Kier alpha value is -1.74. The summed E-state index contributed by atoms with van der Waals surface area (Å²) in [6.07, 6.45) is -1.94. The molecule has 3 nitrogen and oxygen atoms in total. The van der Waals surface area contributed by atoms with E-state index in [4.69, 9.17) is 15.4 Å². The predicted molar refractivity (Wildman–Crippen MR) is 46.3 cm³/mol. The van der Waals surface area contributed by atoms with Crippen LogP contribution in [0.15, 0.2) is 28.9 Å². The summed E-state index contributed by atoms with van der Waals surface area (Å²) in [5, 5.41) is 8.37. The van der Waals surface area contributed by atoms with Crippen LogP contribution in [0.2, 0.25) is 0 Å². The number of nitriles is 1. The number of hydrogen-bond donors (Lipinski definition) is 1. The van der Waals surface area contributed by atoms with Crippen LogP contribution in [0.3, 0.4) is 0 Å². The van der Waals surface area contributed by atoms with Crippen molar-refractivity contribution in [3.63, 3.8) is 0 Å². The van der Waals surface area contributed by atoms with E-state index in [1.165, 1.54) is 18.4 Å². The van der Waals surface area contributed by atoms with Crippen LogP contribution >= 0.6 is 0 Å². The molecule has 0 aromatic carbocycles. The van der Waals surface area contributed by atoms with Crippen molar-refractivity contribution in [1.82, 2.24) is 0 Å². The maximum absolute atomic E-state index is 12.3. The highest BCUT2D eigenvalue weighted by Gasteiger charge is 2.51. The van der Waals surface area contributed by atoms with Crippen LogP contribution in [-0.2, 0) is 0 Å². The molecule has 0 aliphatic heterocycles. The lowest BCUT2D eigenvalue weighted by atomic mass is 10.0. The van der Waals surface area contributed by atoms with Gasteiger partial charge < -0.3 is 10.2 Å². The Labute approximate surface area is 83.6 Å². The third-order valence-corrected chi connectivity index (χ3v) is 1.71. The minimum atomic E-state index is -4.81. The van der Waals surface area contributed by atoms with Crippen molar-refractivity contribution in [2.75, 3.05) is 0 Å². The van der Waals surface area contributed by atoms with E-state index in [1.54, 1.807) is 0 Å². The Bertz CT molecular complexity index is 388. The normalized spacial score (nSPS) is 16.2. The van der Waals surface area contributed by atoms with E-state index in [0.29, 0.717) is 6.08 Å². The molecule has 0 radical (unpaired) electrons. The van der Waals surface area contributed by atoms with Gasteiger partial charge in [-0.1, -0.05) is 0 Å². The summed E-state index contributed by atoms with van der Waals surface area (Å²) in [6, 6.07) is 3.97. The maximum Gasteiger partial charge on any atom is 0.423 e. The zero-order chi connectivity index (χ0) is 11.5. The first-order valence-electron chi connectivity index (χ1n) is 3.89. The first-order valence-corrected chi connectivity index (χ1v) is 3.89. The number of alkyl halides is 3. The predicted octanol–water partition coefficient (Wildman–Crippen LogP) is 2.08. The topological polar surface area (TPSA) is 63.0 Å². The molecule has 1 atom stereocenters. The van der Waals surface area contributed by atoms with E-state index in [9.17, 15) is 13.2 Å². The molecule has 0 bridgehead atoms. The van der Waals surface area contributed by atoms with Gasteiger partial charge in [-0.2, -0.15) is 18.4 Å². The summed E-state index contributed by atoms with van der Waals surface area (Å²) in [5.41, 5.74) is 1.89. The fourth-order valence-electron chi connectivity index (χ4n) is 0.795. The number of halogens is 3. The Morgan fingerprint density at radius 2 is 2.13 bits per heavy atom. The molecule has 0 aliphatic rings. The van der Waals surface area contributed by atoms with E-state index >= 15 is 0 Å². The minimum Gasteiger partial charge on any atom is -0.465 e. The molecule has 80 valence electrons.